The molecule has 1 heterocycles. The Bertz CT molecular complexity index is 1130. The topological polar surface area (TPSA) is 57.8 Å². The average molecular weight is 390 g/mol. The van der Waals surface area contributed by atoms with Crippen LogP contribution >= 0.6 is 11.6 Å². The first-order chi connectivity index (χ1) is 13.6. The summed E-state index contributed by atoms with van der Waals surface area (Å²) in [6.07, 6.45) is 1.64. The Balaban J connectivity index is 1.42. The second-order valence-electron chi connectivity index (χ2n) is 6.87. The Labute approximate surface area is 168 Å². The molecule has 0 aliphatic heterocycles. The predicted molar refractivity (Wildman–Crippen MR) is 114 cm³/mol. The van der Waals surface area contributed by atoms with Crippen LogP contribution < -0.4 is 5.32 Å². The summed E-state index contributed by atoms with van der Waals surface area (Å²) in [6, 6.07) is 21.0. The van der Waals surface area contributed by atoms with E-state index in [-0.39, 0.29) is 5.91 Å². The number of carbonyl (C=O) groups is 1. The van der Waals surface area contributed by atoms with E-state index in [2.05, 4.69) is 40.4 Å². The molecule has 4 rings (SSSR count). The fourth-order valence-corrected chi connectivity index (χ4v) is 3.29. The average Bonchev–Trinajstić information content (AvgIpc) is 3.09. The number of H-pyrrole nitrogens is 1. The van der Waals surface area contributed by atoms with Crippen LogP contribution in [0.5, 0.6) is 0 Å². The molecule has 0 atom stereocenters. The van der Waals surface area contributed by atoms with Crippen LogP contribution in [0, 0.1) is 6.92 Å². The van der Waals surface area contributed by atoms with Crippen LogP contribution in [-0.4, -0.2) is 15.9 Å². The number of aromatic nitrogens is 2. The quantitative estimate of drug-likeness (QED) is 0.469. The molecule has 0 aliphatic carbocycles. The second-order valence-corrected chi connectivity index (χ2v) is 7.30. The van der Waals surface area contributed by atoms with E-state index >= 15 is 0 Å². The maximum absolute atomic E-state index is 12.4. The van der Waals surface area contributed by atoms with Gasteiger partial charge in [-0.2, -0.15) is 0 Å². The van der Waals surface area contributed by atoms with Gasteiger partial charge in [0.25, 0.3) is 5.91 Å². The van der Waals surface area contributed by atoms with Crippen LogP contribution in [0.15, 0.2) is 66.7 Å². The first-order valence-electron chi connectivity index (χ1n) is 9.18. The molecule has 0 aliphatic rings. The van der Waals surface area contributed by atoms with E-state index in [1.807, 2.05) is 24.3 Å². The van der Waals surface area contributed by atoms with E-state index < -0.39 is 0 Å². The van der Waals surface area contributed by atoms with Crippen molar-refractivity contribution < 1.29 is 4.79 Å². The molecular formula is C23H20ClN3O. The summed E-state index contributed by atoms with van der Waals surface area (Å²) in [6.45, 7) is 2.07. The third kappa shape index (κ3) is 4.24. The van der Waals surface area contributed by atoms with E-state index in [0.717, 1.165) is 41.0 Å². The monoisotopic (exact) mass is 389 g/mol. The van der Waals surface area contributed by atoms with Gasteiger partial charge in [0.15, 0.2) is 0 Å². The minimum Gasteiger partial charge on any atom is -0.342 e. The van der Waals surface area contributed by atoms with Crippen molar-refractivity contribution in [2.45, 2.75) is 19.8 Å². The van der Waals surface area contributed by atoms with Crippen molar-refractivity contribution in [2.75, 3.05) is 5.32 Å². The first-order valence-corrected chi connectivity index (χ1v) is 9.56. The fourth-order valence-electron chi connectivity index (χ4n) is 3.17. The standard InChI is InChI=1S/C23H20ClN3O/c1-15-5-11-20-21(13-15)27-22(26-20)12-6-16-3-2-4-19(14-16)25-23(28)17-7-9-18(24)10-8-17/h2-5,7-11,13-14H,6,12H2,1H3,(H,25,28)(H,26,27). The molecule has 0 radical (unpaired) electrons. The maximum Gasteiger partial charge on any atom is 0.255 e. The van der Waals surface area contributed by atoms with Gasteiger partial charge in [-0.3, -0.25) is 4.79 Å². The van der Waals surface area contributed by atoms with Crippen molar-refractivity contribution in [1.29, 1.82) is 0 Å². The van der Waals surface area contributed by atoms with Gasteiger partial charge in [-0.15, -0.1) is 0 Å². The SMILES string of the molecule is Cc1ccc2nc(CCc3cccc(NC(=O)c4ccc(Cl)cc4)c3)[nH]c2c1. The van der Waals surface area contributed by atoms with Gasteiger partial charge in [-0.1, -0.05) is 29.8 Å². The maximum atomic E-state index is 12.4. The number of anilines is 1. The molecule has 4 aromatic rings. The number of nitrogens with zero attached hydrogens (tertiary/aromatic N) is 1. The Morgan fingerprint density at radius 3 is 2.68 bits per heavy atom. The van der Waals surface area contributed by atoms with Crippen molar-refractivity contribution in [3.8, 4) is 0 Å². The lowest BCUT2D eigenvalue weighted by Crippen LogP contribution is -2.11. The van der Waals surface area contributed by atoms with Crippen molar-refractivity contribution in [2.24, 2.45) is 0 Å². The van der Waals surface area contributed by atoms with Crippen molar-refractivity contribution >= 4 is 34.2 Å². The molecule has 3 aromatic carbocycles. The Kier molecular flexibility index (Phi) is 5.13. The van der Waals surface area contributed by atoms with Crippen molar-refractivity contribution in [3.63, 3.8) is 0 Å². The minimum absolute atomic E-state index is 0.151. The lowest BCUT2D eigenvalue weighted by Gasteiger charge is -2.07. The zero-order valence-corrected chi connectivity index (χ0v) is 16.3. The van der Waals surface area contributed by atoms with Crippen LogP contribution in [0.1, 0.15) is 27.3 Å². The molecule has 28 heavy (non-hydrogen) atoms. The number of aromatic amines is 1. The van der Waals surface area contributed by atoms with E-state index in [1.54, 1.807) is 24.3 Å². The lowest BCUT2D eigenvalue weighted by atomic mass is 10.1. The second kappa shape index (κ2) is 7.87. The highest BCUT2D eigenvalue weighted by Gasteiger charge is 2.07. The summed E-state index contributed by atoms with van der Waals surface area (Å²) in [5.74, 6) is 0.817. The summed E-state index contributed by atoms with van der Waals surface area (Å²) in [4.78, 5) is 20.4. The number of rotatable bonds is 5. The summed E-state index contributed by atoms with van der Waals surface area (Å²) in [5.41, 5.74) is 5.77. The first kappa shape index (κ1) is 18.3. The number of fused-ring (bicyclic) bond motifs is 1. The number of carbonyl (C=O) groups excluding carboxylic acids is 1. The molecule has 1 amide bonds. The molecule has 1 aromatic heterocycles. The van der Waals surface area contributed by atoms with E-state index in [4.69, 9.17) is 11.6 Å². The molecule has 2 N–H and O–H groups in total. The number of nitrogens with one attached hydrogen (secondary N) is 2. The van der Waals surface area contributed by atoms with Gasteiger partial charge >= 0.3 is 0 Å². The number of aryl methyl sites for hydroxylation is 3. The Morgan fingerprint density at radius 2 is 1.86 bits per heavy atom. The van der Waals surface area contributed by atoms with Crippen LogP contribution in [0.4, 0.5) is 5.69 Å². The predicted octanol–water partition coefficient (Wildman–Crippen LogP) is 5.56. The van der Waals surface area contributed by atoms with Gasteiger partial charge in [-0.25, -0.2) is 4.98 Å². The van der Waals surface area contributed by atoms with Crippen LogP contribution in [0.25, 0.3) is 11.0 Å². The van der Waals surface area contributed by atoms with E-state index in [9.17, 15) is 4.79 Å². The highest BCUT2D eigenvalue weighted by Crippen LogP contribution is 2.17. The van der Waals surface area contributed by atoms with Gasteiger partial charge < -0.3 is 10.3 Å². The van der Waals surface area contributed by atoms with Gasteiger partial charge in [0.05, 0.1) is 11.0 Å². The summed E-state index contributed by atoms with van der Waals surface area (Å²) in [5, 5.41) is 3.55. The fraction of sp³-hybridized carbons (Fsp3) is 0.130. The third-order valence-electron chi connectivity index (χ3n) is 4.63. The zero-order valence-electron chi connectivity index (χ0n) is 15.5. The van der Waals surface area contributed by atoms with Gasteiger partial charge in [0, 0.05) is 22.7 Å². The van der Waals surface area contributed by atoms with Gasteiger partial charge in [-0.05, 0) is 73.0 Å². The van der Waals surface area contributed by atoms with Gasteiger partial charge in [0.1, 0.15) is 5.82 Å². The summed E-state index contributed by atoms with van der Waals surface area (Å²) >= 11 is 5.88. The molecule has 0 saturated heterocycles. The van der Waals surface area contributed by atoms with Crippen molar-refractivity contribution in [3.05, 3.63) is 94.3 Å². The smallest absolute Gasteiger partial charge is 0.255 e. The number of imidazole rings is 1. The van der Waals surface area contributed by atoms with E-state index in [1.165, 1.54) is 5.56 Å². The normalized spacial score (nSPS) is 10.9. The molecule has 0 unspecified atom stereocenters. The zero-order chi connectivity index (χ0) is 19.5. The van der Waals surface area contributed by atoms with Crippen LogP contribution in [-0.2, 0) is 12.8 Å². The number of benzene rings is 3. The molecule has 0 saturated carbocycles. The molecular weight excluding hydrogens is 370 g/mol. The van der Waals surface area contributed by atoms with Crippen LogP contribution in [0.3, 0.4) is 0 Å². The molecule has 0 spiro atoms. The minimum atomic E-state index is -0.151. The Hall–Kier alpha value is -3.11. The molecule has 140 valence electrons. The molecule has 5 heteroatoms. The highest BCUT2D eigenvalue weighted by atomic mass is 35.5. The number of halogens is 1. The largest absolute Gasteiger partial charge is 0.342 e. The molecule has 0 fully saturated rings. The third-order valence-corrected chi connectivity index (χ3v) is 4.88. The van der Waals surface area contributed by atoms with Gasteiger partial charge in [0.2, 0.25) is 0 Å². The summed E-state index contributed by atoms with van der Waals surface area (Å²) in [7, 11) is 0. The highest BCUT2D eigenvalue weighted by molar-refractivity contribution is 6.30. The van der Waals surface area contributed by atoms with E-state index in [0.29, 0.717) is 10.6 Å². The van der Waals surface area contributed by atoms with Crippen molar-refractivity contribution in [1.82, 2.24) is 9.97 Å². The number of amides is 1. The molecule has 4 nitrogen and oxygen atoms in total. The number of hydrogen-bond donors (Lipinski definition) is 2. The van der Waals surface area contributed by atoms with Crippen LogP contribution in [0.2, 0.25) is 5.02 Å². The molecule has 0 bridgehead atoms. The lowest BCUT2D eigenvalue weighted by molar-refractivity contribution is 0.102. The number of hydrogen-bond acceptors (Lipinski definition) is 2. The Morgan fingerprint density at radius 1 is 1.04 bits per heavy atom. The summed E-state index contributed by atoms with van der Waals surface area (Å²) < 4.78 is 0.